The monoisotopic (exact) mass is 254 g/mol. The Morgan fingerprint density at radius 3 is 3.00 bits per heavy atom. The van der Waals surface area contributed by atoms with Crippen LogP contribution in [0.5, 0.6) is 5.75 Å². The molecule has 5 heteroatoms. The molecule has 1 aromatic carbocycles. The van der Waals surface area contributed by atoms with Crippen LogP contribution in [-0.2, 0) is 6.54 Å². The van der Waals surface area contributed by atoms with Crippen LogP contribution >= 0.6 is 0 Å². The van der Waals surface area contributed by atoms with Gasteiger partial charge in [-0.15, -0.1) is 0 Å². The normalized spacial score (nSPS) is 10.7. The molecule has 5 nitrogen and oxygen atoms in total. The van der Waals surface area contributed by atoms with Gasteiger partial charge in [0, 0.05) is 23.8 Å². The van der Waals surface area contributed by atoms with Gasteiger partial charge in [-0.3, -0.25) is 9.67 Å². The number of nitrogens with two attached hydrogens (primary N) is 1. The number of nitrogens with zero attached hydrogens (tertiary/aromatic N) is 3. The fraction of sp³-hybridized carbons (Fsp3) is 0.143. The van der Waals surface area contributed by atoms with Crippen LogP contribution in [0.4, 0.5) is 5.82 Å². The maximum absolute atomic E-state index is 5.69. The first-order valence-corrected chi connectivity index (χ1v) is 6.08. The third-order valence-electron chi connectivity index (χ3n) is 2.83. The van der Waals surface area contributed by atoms with E-state index in [0.717, 1.165) is 16.7 Å². The Kier molecular flexibility index (Phi) is 3.02. The zero-order valence-electron chi connectivity index (χ0n) is 10.4. The van der Waals surface area contributed by atoms with Crippen molar-refractivity contribution in [1.29, 1.82) is 0 Å². The smallest absolute Gasteiger partial charge is 0.145 e. The number of anilines is 1. The molecule has 0 atom stereocenters. The van der Waals surface area contributed by atoms with E-state index in [1.807, 2.05) is 36.5 Å². The van der Waals surface area contributed by atoms with Gasteiger partial charge in [0.05, 0.1) is 12.1 Å². The van der Waals surface area contributed by atoms with Crippen LogP contribution in [0.25, 0.3) is 10.9 Å². The maximum atomic E-state index is 5.69. The number of benzene rings is 1. The van der Waals surface area contributed by atoms with E-state index in [4.69, 9.17) is 10.5 Å². The number of hydrogen-bond donors (Lipinski definition) is 1. The number of hydrogen-bond acceptors (Lipinski definition) is 4. The Hall–Kier alpha value is -2.56. The Balaban J connectivity index is 1.65. The van der Waals surface area contributed by atoms with E-state index in [-0.39, 0.29) is 0 Å². The Bertz CT molecular complexity index is 692. The molecule has 3 rings (SSSR count). The van der Waals surface area contributed by atoms with Gasteiger partial charge in [-0.2, -0.15) is 5.10 Å². The average Bonchev–Trinajstić information content (AvgIpc) is 2.84. The fourth-order valence-corrected chi connectivity index (χ4v) is 1.89. The summed E-state index contributed by atoms with van der Waals surface area (Å²) in [6.07, 6.45) is 3.61. The molecule has 2 N–H and O–H groups in total. The molecular weight excluding hydrogens is 240 g/mol. The minimum absolute atomic E-state index is 0.523. The van der Waals surface area contributed by atoms with Crippen molar-refractivity contribution in [2.45, 2.75) is 6.54 Å². The highest BCUT2D eigenvalue weighted by Crippen LogP contribution is 2.18. The maximum Gasteiger partial charge on any atom is 0.145 e. The Morgan fingerprint density at radius 1 is 1.21 bits per heavy atom. The SMILES string of the molecule is Nc1ccn(CCOc2ccc3cccnc3c2)n1. The molecule has 19 heavy (non-hydrogen) atoms. The summed E-state index contributed by atoms with van der Waals surface area (Å²) >= 11 is 0. The fourth-order valence-electron chi connectivity index (χ4n) is 1.89. The van der Waals surface area contributed by atoms with Crippen molar-refractivity contribution in [2.75, 3.05) is 12.3 Å². The summed E-state index contributed by atoms with van der Waals surface area (Å²) in [5, 5.41) is 5.20. The lowest BCUT2D eigenvalue weighted by Gasteiger charge is -2.07. The molecule has 0 fully saturated rings. The molecule has 0 bridgehead atoms. The van der Waals surface area contributed by atoms with Crippen LogP contribution in [0.2, 0.25) is 0 Å². The highest BCUT2D eigenvalue weighted by atomic mass is 16.5. The van der Waals surface area contributed by atoms with Crippen LogP contribution in [0.15, 0.2) is 48.8 Å². The second-order valence-corrected chi connectivity index (χ2v) is 4.21. The van der Waals surface area contributed by atoms with E-state index in [1.54, 1.807) is 16.9 Å². The molecule has 0 saturated carbocycles. The quantitative estimate of drug-likeness (QED) is 0.774. The van der Waals surface area contributed by atoms with Crippen molar-refractivity contribution >= 4 is 16.7 Å². The molecule has 2 aromatic heterocycles. The third-order valence-corrected chi connectivity index (χ3v) is 2.83. The molecule has 0 radical (unpaired) electrons. The van der Waals surface area contributed by atoms with Gasteiger partial charge in [0.25, 0.3) is 0 Å². The van der Waals surface area contributed by atoms with Crippen molar-refractivity contribution in [3.8, 4) is 5.75 Å². The highest BCUT2D eigenvalue weighted by molar-refractivity contribution is 5.79. The second-order valence-electron chi connectivity index (χ2n) is 4.21. The molecule has 0 saturated heterocycles. The van der Waals surface area contributed by atoms with Gasteiger partial charge in [0.15, 0.2) is 0 Å². The number of nitrogen functional groups attached to an aromatic ring is 1. The first kappa shape index (κ1) is 11.5. The Morgan fingerprint density at radius 2 is 2.16 bits per heavy atom. The summed E-state index contributed by atoms with van der Waals surface area (Å²) in [5.41, 5.74) is 6.48. The van der Waals surface area contributed by atoms with Crippen LogP contribution in [0.1, 0.15) is 0 Å². The molecule has 0 spiro atoms. The zero-order valence-corrected chi connectivity index (χ0v) is 10.4. The summed E-state index contributed by atoms with van der Waals surface area (Å²) in [6, 6.07) is 11.6. The van der Waals surface area contributed by atoms with Crippen molar-refractivity contribution < 1.29 is 4.74 Å². The van der Waals surface area contributed by atoms with Gasteiger partial charge >= 0.3 is 0 Å². The number of rotatable bonds is 4. The van der Waals surface area contributed by atoms with Crippen molar-refractivity contribution in [2.24, 2.45) is 0 Å². The van der Waals surface area contributed by atoms with Gasteiger partial charge in [-0.1, -0.05) is 6.07 Å². The van der Waals surface area contributed by atoms with Gasteiger partial charge in [0.1, 0.15) is 18.2 Å². The number of fused-ring (bicyclic) bond motifs is 1. The predicted octanol–water partition coefficient (Wildman–Crippen LogP) is 2.09. The molecule has 0 aliphatic heterocycles. The van der Waals surface area contributed by atoms with E-state index in [9.17, 15) is 0 Å². The number of aromatic nitrogens is 3. The Labute approximate surface area is 110 Å². The van der Waals surface area contributed by atoms with E-state index in [1.165, 1.54) is 0 Å². The van der Waals surface area contributed by atoms with E-state index >= 15 is 0 Å². The van der Waals surface area contributed by atoms with Crippen molar-refractivity contribution in [3.05, 3.63) is 48.8 Å². The number of ether oxygens (including phenoxy) is 1. The van der Waals surface area contributed by atoms with Gasteiger partial charge in [-0.05, 0) is 24.3 Å². The summed E-state index contributed by atoms with van der Waals surface area (Å²) in [6.45, 7) is 1.21. The standard InChI is InChI=1S/C14H14N4O/c15-14-5-7-18(17-14)8-9-19-12-4-3-11-2-1-6-16-13(11)10-12/h1-7,10H,8-9H2,(H2,15,17). The molecule has 3 aromatic rings. The zero-order chi connectivity index (χ0) is 13.1. The predicted molar refractivity (Wildman–Crippen MR) is 73.9 cm³/mol. The van der Waals surface area contributed by atoms with Crippen LogP contribution in [0, 0.1) is 0 Å². The highest BCUT2D eigenvalue weighted by Gasteiger charge is 1.99. The lowest BCUT2D eigenvalue weighted by Crippen LogP contribution is -2.08. The molecule has 96 valence electrons. The van der Waals surface area contributed by atoms with E-state index in [0.29, 0.717) is 19.0 Å². The minimum atomic E-state index is 0.523. The second kappa shape index (κ2) is 4.97. The summed E-state index contributed by atoms with van der Waals surface area (Å²) in [4.78, 5) is 4.30. The molecule has 0 unspecified atom stereocenters. The minimum Gasteiger partial charge on any atom is -0.492 e. The summed E-state index contributed by atoms with van der Waals surface area (Å²) < 4.78 is 7.44. The van der Waals surface area contributed by atoms with Crippen LogP contribution < -0.4 is 10.5 Å². The van der Waals surface area contributed by atoms with E-state index < -0.39 is 0 Å². The summed E-state index contributed by atoms with van der Waals surface area (Å²) in [5.74, 6) is 1.33. The molecule has 2 heterocycles. The molecule has 0 aliphatic rings. The number of pyridine rings is 1. The van der Waals surface area contributed by atoms with Crippen molar-refractivity contribution in [1.82, 2.24) is 14.8 Å². The van der Waals surface area contributed by atoms with Gasteiger partial charge < -0.3 is 10.5 Å². The lowest BCUT2D eigenvalue weighted by atomic mass is 10.2. The molecule has 0 aliphatic carbocycles. The topological polar surface area (TPSA) is 66.0 Å². The van der Waals surface area contributed by atoms with Crippen LogP contribution in [0.3, 0.4) is 0 Å². The largest absolute Gasteiger partial charge is 0.492 e. The first-order valence-electron chi connectivity index (χ1n) is 6.08. The van der Waals surface area contributed by atoms with E-state index in [2.05, 4.69) is 10.1 Å². The lowest BCUT2D eigenvalue weighted by molar-refractivity contribution is 0.292. The van der Waals surface area contributed by atoms with Crippen molar-refractivity contribution in [3.63, 3.8) is 0 Å². The first-order chi connectivity index (χ1) is 9.31. The molecular formula is C14H14N4O. The molecule has 0 amide bonds. The summed E-state index contributed by atoms with van der Waals surface area (Å²) in [7, 11) is 0. The van der Waals surface area contributed by atoms with Gasteiger partial charge in [-0.25, -0.2) is 0 Å². The third kappa shape index (κ3) is 2.65. The van der Waals surface area contributed by atoms with Crippen LogP contribution in [-0.4, -0.2) is 21.4 Å². The van der Waals surface area contributed by atoms with Gasteiger partial charge in [0.2, 0.25) is 0 Å². The average molecular weight is 254 g/mol.